The number of halogens is 2. The molecule has 0 atom stereocenters. The summed E-state index contributed by atoms with van der Waals surface area (Å²) in [6, 6.07) is 15.9. The minimum atomic E-state index is -1.28. The van der Waals surface area contributed by atoms with E-state index in [1.165, 1.54) is 44.4 Å². The zero-order valence-corrected chi connectivity index (χ0v) is 26.9. The van der Waals surface area contributed by atoms with Gasteiger partial charge in [-0.15, -0.1) is 0 Å². The summed E-state index contributed by atoms with van der Waals surface area (Å²) in [5.74, 6) is -1.43. The van der Waals surface area contributed by atoms with Gasteiger partial charge in [-0.05, 0) is 92.1 Å². The third-order valence-electron chi connectivity index (χ3n) is 8.62. The molecule has 10 nitrogen and oxygen atoms in total. The van der Waals surface area contributed by atoms with E-state index in [2.05, 4.69) is 25.2 Å². The second-order valence-corrected chi connectivity index (χ2v) is 12.4. The molecule has 2 aromatic heterocycles. The van der Waals surface area contributed by atoms with Crippen molar-refractivity contribution in [3.8, 4) is 28.3 Å². The van der Waals surface area contributed by atoms with Crippen LogP contribution in [0.5, 0.6) is 5.75 Å². The third kappa shape index (κ3) is 7.04. The van der Waals surface area contributed by atoms with Crippen molar-refractivity contribution in [3.63, 3.8) is 0 Å². The van der Waals surface area contributed by atoms with Gasteiger partial charge in [-0.25, -0.2) is 18.7 Å². The number of piperazine rings is 1. The quantitative estimate of drug-likeness (QED) is 0.170. The molecule has 3 N–H and O–H groups in total. The molecule has 5 aromatic rings. The number of carbonyl (C=O) groups excluding carboxylic acids is 2. The average molecular weight is 655 g/mol. The SMILES string of the molecule is Cc1c(NC(=O)c2ccc(C(C)(C)O)cc2F)cc(F)cc1-c1ncnc2[nH]c(-c3ccc(OCCN4CCN(C=O)CC4)cc3)cc12. The molecule has 48 heavy (non-hydrogen) atoms. The number of anilines is 1. The number of H-pyrrole nitrogens is 1. The number of aliphatic hydroxyl groups is 1. The van der Waals surface area contributed by atoms with Crippen molar-refractivity contribution in [2.45, 2.75) is 26.4 Å². The van der Waals surface area contributed by atoms with Crippen LogP contribution in [0.25, 0.3) is 33.5 Å². The Bertz CT molecular complexity index is 1960. The minimum Gasteiger partial charge on any atom is -0.492 e. The van der Waals surface area contributed by atoms with Gasteiger partial charge in [-0.3, -0.25) is 14.5 Å². The Balaban J connectivity index is 1.19. The summed E-state index contributed by atoms with van der Waals surface area (Å²) in [5, 5.41) is 13.5. The lowest BCUT2D eigenvalue weighted by molar-refractivity contribution is -0.119. The first-order valence-corrected chi connectivity index (χ1v) is 15.6. The molecule has 1 aliphatic heterocycles. The third-order valence-corrected chi connectivity index (χ3v) is 8.62. The number of hydrogen-bond donors (Lipinski definition) is 3. The summed E-state index contributed by atoms with van der Waals surface area (Å²) < 4.78 is 35.8. The maximum atomic E-state index is 15.0. The molecular weight excluding hydrogens is 618 g/mol. The lowest BCUT2D eigenvalue weighted by Gasteiger charge is -2.32. The van der Waals surface area contributed by atoms with Crippen LogP contribution < -0.4 is 10.1 Å². The van der Waals surface area contributed by atoms with Crippen LogP contribution in [0.15, 0.2) is 67.0 Å². The Morgan fingerprint density at radius 3 is 2.48 bits per heavy atom. The fourth-order valence-corrected chi connectivity index (χ4v) is 5.75. The van der Waals surface area contributed by atoms with E-state index in [0.717, 1.165) is 62.2 Å². The molecular formula is C36H36F2N6O4. The number of aromatic nitrogens is 3. The average Bonchev–Trinajstić information content (AvgIpc) is 3.51. The molecule has 0 aliphatic carbocycles. The summed E-state index contributed by atoms with van der Waals surface area (Å²) in [7, 11) is 0. The van der Waals surface area contributed by atoms with Gasteiger partial charge in [0, 0.05) is 55.1 Å². The molecule has 0 saturated carbocycles. The Morgan fingerprint density at radius 2 is 1.79 bits per heavy atom. The van der Waals surface area contributed by atoms with Crippen LogP contribution in [0.1, 0.15) is 35.3 Å². The number of carbonyl (C=O) groups is 2. The summed E-state index contributed by atoms with van der Waals surface area (Å²) in [6.07, 6.45) is 2.28. The normalized spacial score (nSPS) is 13.9. The van der Waals surface area contributed by atoms with Crippen LogP contribution in [-0.4, -0.2) is 81.5 Å². The molecule has 3 heterocycles. The van der Waals surface area contributed by atoms with E-state index in [1.807, 2.05) is 30.3 Å². The summed E-state index contributed by atoms with van der Waals surface area (Å²) in [6.45, 7) is 9.19. The predicted molar refractivity (Wildman–Crippen MR) is 179 cm³/mol. The molecule has 12 heteroatoms. The van der Waals surface area contributed by atoms with Crippen LogP contribution in [0.3, 0.4) is 0 Å². The molecule has 1 fully saturated rings. The van der Waals surface area contributed by atoms with Crippen LogP contribution >= 0.6 is 0 Å². The number of hydrogen-bond acceptors (Lipinski definition) is 7. The molecule has 2 amide bonds. The van der Waals surface area contributed by atoms with Crippen molar-refractivity contribution >= 4 is 29.0 Å². The smallest absolute Gasteiger partial charge is 0.258 e. The monoisotopic (exact) mass is 654 g/mol. The van der Waals surface area contributed by atoms with Gasteiger partial charge in [0.1, 0.15) is 36.0 Å². The van der Waals surface area contributed by atoms with E-state index in [9.17, 15) is 19.1 Å². The van der Waals surface area contributed by atoms with E-state index in [0.29, 0.717) is 40.0 Å². The first-order chi connectivity index (χ1) is 23.0. The second-order valence-electron chi connectivity index (χ2n) is 12.4. The van der Waals surface area contributed by atoms with Crippen molar-refractivity contribution < 1.29 is 28.2 Å². The molecule has 248 valence electrons. The van der Waals surface area contributed by atoms with E-state index in [1.54, 1.807) is 11.8 Å². The molecule has 1 saturated heterocycles. The van der Waals surface area contributed by atoms with Crippen molar-refractivity contribution in [2.24, 2.45) is 0 Å². The lowest BCUT2D eigenvalue weighted by Crippen LogP contribution is -2.46. The number of nitrogens with zero attached hydrogens (tertiary/aromatic N) is 4. The number of rotatable bonds is 10. The Hall–Kier alpha value is -5.20. The van der Waals surface area contributed by atoms with Crippen molar-refractivity contribution in [1.82, 2.24) is 24.8 Å². The number of fused-ring (bicyclic) bond motifs is 1. The highest BCUT2D eigenvalue weighted by atomic mass is 19.1. The van der Waals surface area contributed by atoms with Crippen LogP contribution in [0, 0.1) is 18.6 Å². The van der Waals surface area contributed by atoms with Crippen LogP contribution in [0.4, 0.5) is 14.5 Å². The molecule has 0 bridgehead atoms. The van der Waals surface area contributed by atoms with Gasteiger partial charge in [-0.2, -0.15) is 0 Å². The topological polar surface area (TPSA) is 124 Å². The molecule has 6 rings (SSSR count). The van der Waals surface area contributed by atoms with Crippen molar-refractivity contribution in [1.29, 1.82) is 0 Å². The zero-order chi connectivity index (χ0) is 34.0. The molecule has 0 radical (unpaired) electrons. The highest BCUT2D eigenvalue weighted by Gasteiger charge is 2.22. The highest BCUT2D eigenvalue weighted by molar-refractivity contribution is 6.06. The first-order valence-electron chi connectivity index (χ1n) is 15.6. The van der Waals surface area contributed by atoms with E-state index in [-0.39, 0.29) is 11.3 Å². The maximum absolute atomic E-state index is 15.0. The van der Waals surface area contributed by atoms with Crippen LogP contribution in [0.2, 0.25) is 0 Å². The Morgan fingerprint density at radius 1 is 1.04 bits per heavy atom. The standard InChI is InChI=1S/C36H36F2N6O4/c1-22-28(17-25(37)18-31(22)42-35(46)27-9-6-24(16-30(27)38)36(2,3)47)33-29-19-32(41-34(29)40-20-39-33)23-4-7-26(8-5-23)48-15-14-43-10-12-44(21-45)13-11-43/h4-9,16-21,47H,10-15H2,1-3H3,(H,42,46)(H,39,40,41). The number of aromatic amines is 1. The molecule has 1 aliphatic rings. The van der Waals surface area contributed by atoms with Gasteiger partial charge in [-0.1, -0.05) is 6.07 Å². The fourth-order valence-electron chi connectivity index (χ4n) is 5.75. The summed E-state index contributed by atoms with van der Waals surface area (Å²) in [4.78, 5) is 40.2. The van der Waals surface area contributed by atoms with E-state index in [4.69, 9.17) is 4.74 Å². The summed E-state index contributed by atoms with van der Waals surface area (Å²) >= 11 is 0. The predicted octanol–water partition coefficient (Wildman–Crippen LogP) is 5.51. The Labute approximate surface area is 276 Å². The van der Waals surface area contributed by atoms with Gasteiger partial charge >= 0.3 is 0 Å². The first kappa shape index (κ1) is 32.7. The zero-order valence-electron chi connectivity index (χ0n) is 26.9. The van der Waals surface area contributed by atoms with Gasteiger partial charge < -0.3 is 25.0 Å². The van der Waals surface area contributed by atoms with Crippen molar-refractivity contribution in [3.05, 3.63) is 95.3 Å². The van der Waals surface area contributed by atoms with Crippen molar-refractivity contribution in [2.75, 3.05) is 44.6 Å². The van der Waals surface area contributed by atoms with E-state index < -0.39 is 23.1 Å². The van der Waals surface area contributed by atoms with Gasteiger partial charge in [0.15, 0.2) is 0 Å². The molecule has 3 aromatic carbocycles. The second kappa shape index (κ2) is 13.5. The Kier molecular flexibility index (Phi) is 9.20. The van der Waals surface area contributed by atoms with Gasteiger partial charge in [0.2, 0.25) is 6.41 Å². The number of nitrogens with one attached hydrogen (secondary N) is 2. The van der Waals surface area contributed by atoms with Gasteiger partial charge in [0.25, 0.3) is 5.91 Å². The maximum Gasteiger partial charge on any atom is 0.258 e. The summed E-state index contributed by atoms with van der Waals surface area (Å²) in [5.41, 5.74) is 2.63. The molecule has 0 unspecified atom stereocenters. The number of amides is 2. The molecule has 0 spiro atoms. The van der Waals surface area contributed by atoms with Gasteiger partial charge in [0.05, 0.1) is 16.9 Å². The number of ether oxygens (including phenoxy) is 1. The highest BCUT2D eigenvalue weighted by Crippen LogP contribution is 2.35. The largest absolute Gasteiger partial charge is 0.492 e. The van der Waals surface area contributed by atoms with Crippen LogP contribution in [-0.2, 0) is 10.4 Å². The fraction of sp³-hybridized carbons (Fsp3) is 0.278. The van der Waals surface area contributed by atoms with E-state index >= 15 is 4.39 Å². The lowest BCUT2D eigenvalue weighted by atomic mass is 9.96. The minimum absolute atomic E-state index is 0.169. The number of benzene rings is 3.